The summed E-state index contributed by atoms with van der Waals surface area (Å²) < 4.78 is 9.88. The van der Waals surface area contributed by atoms with Crippen LogP contribution in [0.25, 0.3) is 0 Å². The maximum atomic E-state index is 10.7. The number of aryl methyl sites for hydroxylation is 1. The minimum Gasteiger partial charge on any atom is -0.478 e. The zero-order valence-corrected chi connectivity index (χ0v) is 8.11. The molecule has 4 heteroatoms. The van der Waals surface area contributed by atoms with Crippen LogP contribution in [0.1, 0.15) is 15.9 Å². The molecular formula is C10H12O4. The minimum absolute atomic E-state index is 0.159. The van der Waals surface area contributed by atoms with E-state index in [1.165, 1.54) is 13.2 Å². The van der Waals surface area contributed by atoms with Gasteiger partial charge in [-0.05, 0) is 30.7 Å². The van der Waals surface area contributed by atoms with Crippen LogP contribution in [0.5, 0.6) is 5.75 Å². The van der Waals surface area contributed by atoms with Gasteiger partial charge in [-0.3, -0.25) is 0 Å². The van der Waals surface area contributed by atoms with Gasteiger partial charge >= 0.3 is 5.97 Å². The summed E-state index contributed by atoms with van der Waals surface area (Å²) in [4.78, 5) is 10.7. The van der Waals surface area contributed by atoms with Crippen molar-refractivity contribution < 1.29 is 19.4 Å². The fraction of sp³-hybridized carbons (Fsp3) is 0.300. The van der Waals surface area contributed by atoms with Gasteiger partial charge in [0.1, 0.15) is 5.75 Å². The maximum absolute atomic E-state index is 10.7. The first-order chi connectivity index (χ1) is 6.65. The van der Waals surface area contributed by atoms with E-state index in [-0.39, 0.29) is 12.4 Å². The molecule has 0 aliphatic rings. The van der Waals surface area contributed by atoms with Gasteiger partial charge in [-0.25, -0.2) is 4.79 Å². The second-order valence-electron chi connectivity index (χ2n) is 2.83. The van der Waals surface area contributed by atoms with E-state index >= 15 is 0 Å². The molecule has 0 aliphatic carbocycles. The Morgan fingerprint density at radius 1 is 1.50 bits per heavy atom. The van der Waals surface area contributed by atoms with E-state index < -0.39 is 5.97 Å². The molecule has 0 spiro atoms. The molecule has 0 amide bonds. The second kappa shape index (κ2) is 4.62. The van der Waals surface area contributed by atoms with E-state index in [9.17, 15) is 4.79 Å². The molecule has 1 aromatic carbocycles. The summed E-state index contributed by atoms with van der Waals surface area (Å²) in [5.74, 6) is -0.324. The smallest absolute Gasteiger partial charge is 0.335 e. The number of aromatic carboxylic acids is 1. The molecule has 1 aromatic rings. The van der Waals surface area contributed by atoms with Crippen LogP contribution in [0.15, 0.2) is 18.2 Å². The summed E-state index contributed by atoms with van der Waals surface area (Å²) in [5.41, 5.74) is 0.959. The topological polar surface area (TPSA) is 55.8 Å². The van der Waals surface area contributed by atoms with Gasteiger partial charge in [0, 0.05) is 7.11 Å². The first kappa shape index (κ1) is 10.5. The van der Waals surface area contributed by atoms with E-state index in [4.69, 9.17) is 14.6 Å². The Labute approximate surface area is 82.1 Å². The van der Waals surface area contributed by atoms with Gasteiger partial charge in [0.15, 0.2) is 6.79 Å². The van der Waals surface area contributed by atoms with Crippen molar-refractivity contribution >= 4 is 5.97 Å². The number of carboxylic acids is 1. The fourth-order valence-corrected chi connectivity index (χ4v) is 1.09. The molecule has 76 valence electrons. The van der Waals surface area contributed by atoms with Crippen molar-refractivity contribution in [3.8, 4) is 5.75 Å². The summed E-state index contributed by atoms with van der Waals surface area (Å²) in [6.07, 6.45) is 0. The van der Waals surface area contributed by atoms with E-state index in [1.807, 2.05) is 0 Å². The molecular weight excluding hydrogens is 184 g/mol. The maximum Gasteiger partial charge on any atom is 0.335 e. The van der Waals surface area contributed by atoms with Crippen LogP contribution in [0.2, 0.25) is 0 Å². The summed E-state index contributed by atoms with van der Waals surface area (Å²) >= 11 is 0. The third-order valence-corrected chi connectivity index (χ3v) is 1.77. The Morgan fingerprint density at radius 2 is 2.21 bits per heavy atom. The molecule has 14 heavy (non-hydrogen) atoms. The first-order valence-electron chi connectivity index (χ1n) is 4.11. The highest BCUT2D eigenvalue weighted by atomic mass is 16.7. The Balaban J connectivity index is 2.83. The molecule has 1 rings (SSSR count). The summed E-state index contributed by atoms with van der Waals surface area (Å²) in [6.45, 7) is 1.88. The molecule has 0 aliphatic heterocycles. The van der Waals surface area contributed by atoms with Crippen LogP contribution < -0.4 is 4.74 Å². The van der Waals surface area contributed by atoms with Crippen LogP contribution in [-0.2, 0) is 4.74 Å². The van der Waals surface area contributed by atoms with Gasteiger partial charge in [-0.2, -0.15) is 0 Å². The zero-order chi connectivity index (χ0) is 10.6. The molecule has 0 bridgehead atoms. The van der Waals surface area contributed by atoms with Crippen LogP contribution in [-0.4, -0.2) is 25.0 Å². The average Bonchev–Trinajstić information content (AvgIpc) is 2.14. The molecule has 0 unspecified atom stereocenters. The molecule has 0 saturated heterocycles. The fourth-order valence-electron chi connectivity index (χ4n) is 1.09. The largest absolute Gasteiger partial charge is 0.478 e. The molecule has 0 aromatic heterocycles. The molecule has 1 N–H and O–H groups in total. The van der Waals surface area contributed by atoms with Crippen molar-refractivity contribution in [1.82, 2.24) is 0 Å². The molecule has 0 atom stereocenters. The van der Waals surface area contributed by atoms with Crippen molar-refractivity contribution in [2.24, 2.45) is 0 Å². The standard InChI is InChI=1S/C10H12O4/c1-7-5-8(14-6-13-2)3-4-9(7)10(11)12/h3-5H,6H2,1-2H3,(H,11,12). The van der Waals surface area contributed by atoms with E-state index in [0.29, 0.717) is 11.3 Å². The van der Waals surface area contributed by atoms with E-state index in [2.05, 4.69) is 0 Å². The van der Waals surface area contributed by atoms with Gasteiger partial charge in [0.2, 0.25) is 0 Å². The van der Waals surface area contributed by atoms with Gasteiger partial charge in [-0.1, -0.05) is 0 Å². The lowest BCUT2D eigenvalue weighted by Crippen LogP contribution is -2.02. The number of carboxylic acid groups (broad SMARTS) is 1. The van der Waals surface area contributed by atoms with Crippen molar-refractivity contribution in [3.05, 3.63) is 29.3 Å². The predicted octanol–water partition coefficient (Wildman–Crippen LogP) is 1.68. The van der Waals surface area contributed by atoms with Crippen molar-refractivity contribution in [1.29, 1.82) is 0 Å². The third kappa shape index (κ3) is 2.47. The van der Waals surface area contributed by atoms with Gasteiger partial charge in [-0.15, -0.1) is 0 Å². The SMILES string of the molecule is COCOc1ccc(C(=O)O)c(C)c1. The van der Waals surface area contributed by atoms with Gasteiger partial charge < -0.3 is 14.6 Å². The highest BCUT2D eigenvalue weighted by Gasteiger charge is 2.07. The number of ether oxygens (including phenoxy) is 2. The number of benzene rings is 1. The number of methoxy groups -OCH3 is 1. The number of hydrogen-bond donors (Lipinski definition) is 1. The Kier molecular flexibility index (Phi) is 3.48. The first-order valence-corrected chi connectivity index (χ1v) is 4.11. The second-order valence-corrected chi connectivity index (χ2v) is 2.83. The number of rotatable bonds is 4. The average molecular weight is 196 g/mol. The van der Waals surface area contributed by atoms with E-state index in [0.717, 1.165) is 0 Å². The molecule has 0 fully saturated rings. The lowest BCUT2D eigenvalue weighted by molar-refractivity contribution is 0.0510. The summed E-state index contributed by atoms with van der Waals surface area (Å²) in [5, 5.41) is 8.77. The van der Waals surface area contributed by atoms with Crippen LogP contribution >= 0.6 is 0 Å². The number of carbonyl (C=O) groups is 1. The normalized spacial score (nSPS) is 9.86. The quantitative estimate of drug-likeness (QED) is 0.744. The molecule has 4 nitrogen and oxygen atoms in total. The lowest BCUT2D eigenvalue weighted by Gasteiger charge is -2.06. The Bertz CT molecular complexity index is 333. The third-order valence-electron chi connectivity index (χ3n) is 1.77. The van der Waals surface area contributed by atoms with Crippen LogP contribution in [0.3, 0.4) is 0 Å². The molecule has 0 heterocycles. The highest BCUT2D eigenvalue weighted by Crippen LogP contribution is 2.17. The molecule has 0 saturated carbocycles. The van der Waals surface area contributed by atoms with Crippen molar-refractivity contribution in [2.45, 2.75) is 6.92 Å². The lowest BCUT2D eigenvalue weighted by atomic mass is 10.1. The minimum atomic E-state index is -0.930. The summed E-state index contributed by atoms with van der Waals surface area (Å²) in [7, 11) is 1.53. The predicted molar refractivity (Wildman–Crippen MR) is 50.6 cm³/mol. The van der Waals surface area contributed by atoms with Crippen molar-refractivity contribution in [2.75, 3.05) is 13.9 Å². The number of hydrogen-bond acceptors (Lipinski definition) is 3. The summed E-state index contributed by atoms with van der Waals surface area (Å²) in [6, 6.07) is 4.79. The highest BCUT2D eigenvalue weighted by molar-refractivity contribution is 5.89. The Morgan fingerprint density at radius 3 is 2.71 bits per heavy atom. The Hall–Kier alpha value is -1.55. The van der Waals surface area contributed by atoms with Crippen LogP contribution in [0, 0.1) is 6.92 Å². The monoisotopic (exact) mass is 196 g/mol. The van der Waals surface area contributed by atoms with Gasteiger partial charge in [0.25, 0.3) is 0 Å². The van der Waals surface area contributed by atoms with Crippen molar-refractivity contribution in [3.63, 3.8) is 0 Å². The van der Waals surface area contributed by atoms with Gasteiger partial charge in [0.05, 0.1) is 5.56 Å². The van der Waals surface area contributed by atoms with Crippen LogP contribution in [0.4, 0.5) is 0 Å². The zero-order valence-electron chi connectivity index (χ0n) is 8.11. The molecule has 0 radical (unpaired) electrons. The van der Waals surface area contributed by atoms with E-state index in [1.54, 1.807) is 19.1 Å².